The van der Waals surface area contributed by atoms with Gasteiger partial charge in [-0.3, -0.25) is 0 Å². The average molecular weight is 191 g/mol. The lowest BCUT2D eigenvalue weighted by Gasteiger charge is -2.16. The molecule has 0 saturated heterocycles. The molecular weight excluding hydrogens is 174 g/mol. The molecule has 1 heterocycles. The third-order valence-corrected chi connectivity index (χ3v) is 2.69. The number of azo groups is 1. The molecule has 1 aliphatic heterocycles. The molecule has 0 aromatic heterocycles. The van der Waals surface area contributed by atoms with Gasteiger partial charge in [0, 0.05) is 6.54 Å². The molecule has 0 spiro atoms. The van der Waals surface area contributed by atoms with Crippen molar-refractivity contribution in [2.45, 2.75) is 38.1 Å². The summed E-state index contributed by atoms with van der Waals surface area (Å²) in [6.07, 6.45) is 12.5. The number of nitrogens with zero attached hydrogens (tertiary/aromatic N) is 2. The van der Waals surface area contributed by atoms with Gasteiger partial charge in [-0.15, -0.1) is 5.11 Å². The van der Waals surface area contributed by atoms with Crippen molar-refractivity contribution >= 4 is 0 Å². The summed E-state index contributed by atoms with van der Waals surface area (Å²) in [5.41, 5.74) is 0. The third kappa shape index (κ3) is 2.69. The van der Waals surface area contributed by atoms with Gasteiger partial charge in [0.15, 0.2) is 0 Å². The van der Waals surface area contributed by atoms with Gasteiger partial charge < -0.3 is 5.32 Å². The van der Waals surface area contributed by atoms with Gasteiger partial charge in [0.1, 0.15) is 5.82 Å². The predicted octanol–water partition coefficient (Wildman–Crippen LogP) is 2.77. The van der Waals surface area contributed by atoms with Crippen LogP contribution in [0, 0.1) is 0 Å². The van der Waals surface area contributed by atoms with Crippen molar-refractivity contribution in [3.05, 3.63) is 24.0 Å². The molecule has 1 saturated carbocycles. The van der Waals surface area contributed by atoms with Crippen molar-refractivity contribution in [2.75, 3.05) is 6.54 Å². The molecule has 0 bridgehead atoms. The molecule has 0 aromatic carbocycles. The van der Waals surface area contributed by atoms with Crippen molar-refractivity contribution in [3.8, 4) is 0 Å². The van der Waals surface area contributed by atoms with E-state index in [9.17, 15) is 0 Å². The molecule has 1 fully saturated rings. The topological polar surface area (TPSA) is 36.8 Å². The highest BCUT2D eigenvalue weighted by molar-refractivity contribution is 5.15. The summed E-state index contributed by atoms with van der Waals surface area (Å²) in [7, 11) is 0. The highest BCUT2D eigenvalue weighted by Crippen LogP contribution is 2.20. The standard InChI is InChI=1S/C11H17N3/c1-2-6-10(7-3-1)13-14-11-8-4-5-9-12-11/h4-5,8,10,12H,1-3,6-7,9H2. The van der Waals surface area contributed by atoms with E-state index in [0.29, 0.717) is 6.04 Å². The zero-order chi connectivity index (χ0) is 9.64. The monoisotopic (exact) mass is 191 g/mol. The highest BCUT2D eigenvalue weighted by Gasteiger charge is 2.11. The van der Waals surface area contributed by atoms with Crippen LogP contribution in [-0.2, 0) is 0 Å². The summed E-state index contributed by atoms with van der Waals surface area (Å²) in [5.74, 6) is 0.901. The number of dihydropyridines is 1. The van der Waals surface area contributed by atoms with Gasteiger partial charge in [-0.1, -0.05) is 31.4 Å². The van der Waals surface area contributed by atoms with Gasteiger partial charge in [0.05, 0.1) is 6.04 Å². The Bertz CT molecular complexity index is 260. The number of hydrogen-bond donors (Lipinski definition) is 1. The minimum atomic E-state index is 0.470. The molecule has 3 nitrogen and oxygen atoms in total. The summed E-state index contributed by atoms with van der Waals surface area (Å²) < 4.78 is 0. The van der Waals surface area contributed by atoms with Crippen LogP contribution < -0.4 is 5.32 Å². The SMILES string of the molecule is C1=CCNC(N=NC2CCCCC2)=C1. The molecule has 1 N–H and O–H groups in total. The maximum absolute atomic E-state index is 4.37. The average Bonchev–Trinajstić information content (AvgIpc) is 2.29. The van der Waals surface area contributed by atoms with Gasteiger partial charge in [0.25, 0.3) is 0 Å². The van der Waals surface area contributed by atoms with E-state index in [2.05, 4.69) is 21.6 Å². The first-order valence-electron chi connectivity index (χ1n) is 5.47. The van der Waals surface area contributed by atoms with Crippen LogP contribution in [0.1, 0.15) is 32.1 Å². The quantitative estimate of drug-likeness (QED) is 0.669. The van der Waals surface area contributed by atoms with E-state index >= 15 is 0 Å². The van der Waals surface area contributed by atoms with Crippen LogP contribution in [0.5, 0.6) is 0 Å². The number of nitrogens with one attached hydrogen (secondary N) is 1. The van der Waals surface area contributed by atoms with Crippen molar-refractivity contribution in [2.24, 2.45) is 10.2 Å². The van der Waals surface area contributed by atoms with Gasteiger partial charge in [-0.25, -0.2) is 0 Å². The Morgan fingerprint density at radius 3 is 2.79 bits per heavy atom. The molecule has 0 amide bonds. The number of rotatable bonds is 2. The second kappa shape index (κ2) is 4.94. The van der Waals surface area contributed by atoms with E-state index in [1.807, 2.05) is 12.2 Å². The lowest BCUT2D eigenvalue weighted by Crippen LogP contribution is -2.14. The second-order valence-corrected chi connectivity index (χ2v) is 3.87. The van der Waals surface area contributed by atoms with Crippen LogP contribution in [0.15, 0.2) is 34.3 Å². The Kier molecular flexibility index (Phi) is 3.33. The molecule has 0 radical (unpaired) electrons. The smallest absolute Gasteiger partial charge is 0.148 e. The predicted molar refractivity (Wildman–Crippen MR) is 57.0 cm³/mol. The van der Waals surface area contributed by atoms with E-state index in [1.165, 1.54) is 32.1 Å². The Morgan fingerprint density at radius 1 is 1.21 bits per heavy atom. The molecule has 2 rings (SSSR count). The second-order valence-electron chi connectivity index (χ2n) is 3.87. The first-order chi connectivity index (χ1) is 6.95. The Labute approximate surface area is 85.0 Å². The minimum absolute atomic E-state index is 0.470. The van der Waals surface area contributed by atoms with Gasteiger partial charge in [0.2, 0.25) is 0 Å². The molecule has 0 unspecified atom stereocenters. The van der Waals surface area contributed by atoms with Crippen LogP contribution in [-0.4, -0.2) is 12.6 Å². The number of hydrogen-bond acceptors (Lipinski definition) is 3. The van der Waals surface area contributed by atoms with Gasteiger partial charge in [-0.05, 0) is 18.9 Å². The summed E-state index contributed by atoms with van der Waals surface area (Å²) >= 11 is 0. The Balaban J connectivity index is 1.85. The van der Waals surface area contributed by atoms with E-state index < -0.39 is 0 Å². The third-order valence-electron chi connectivity index (χ3n) is 2.69. The Morgan fingerprint density at radius 2 is 2.07 bits per heavy atom. The van der Waals surface area contributed by atoms with E-state index in [4.69, 9.17) is 0 Å². The minimum Gasteiger partial charge on any atom is -0.365 e. The first-order valence-corrected chi connectivity index (χ1v) is 5.47. The molecule has 2 aliphatic rings. The molecule has 14 heavy (non-hydrogen) atoms. The summed E-state index contributed by atoms with van der Waals surface area (Å²) in [6.45, 7) is 0.871. The summed E-state index contributed by atoms with van der Waals surface area (Å²) in [4.78, 5) is 0. The maximum atomic E-state index is 4.37. The van der Waals surface area contributed by atoms with Crippen LogP contribution in [0.4, 0.5) is 0 Å². The number of allylic oxidation sites excluding steroid dienone is 2. The van der Waals surface area contributed by atoms with Gasteiger partial charge in [-0.2, -0.15) is 5.11 Å². The maximum Gasteiger partial charge on any atom is 0.148 e. The summed E-state index contributed by atoms with van der Waals surface area (Å²) in [6, 6.07) is 0.470. The molecular formula is C11H17N3. The fourth-order valence-electron chi connectivity index (χ4n) is 1.86. The molecule has 76 valence electrons. The normalized spacial score (nSPS) is 23.6. The van der Waals surface area contributed by atoms with Crippen LogP contribution in [0.25, 0.3) is 0 Å². The van der Waals surface area contributed by atoms with Crippen molar-refractivity contribution < 1.29 is 0 Å². The van der Waals surface area contributed by atoms with Gasteiger partial charge >= 0.3 is 0 Å². The molecule has 0 aromatic rings. The highest BCUT2D eigenvalue weighted by atomic mass is 15.2. The zero-order valence-corrected chi connectivity index (χ0v) is 8.45. The van der Waals surface area contributed by atoms with Crippen molar-refractivity contribution in [3.63, 3.8) is 0 Å². The summed E-state index contributed by atoms with van der Waals surface area (Å²) in [5, 5.41) is 11.8. The molecule has 3 heteroatoms. The first kappa shape index (κ1) is 9.44. The largest absolute Gasteiger partial charge is 0.365 e. The lowest BCUT2D eigenvalue weighted by atomic mass is 9.96. The molecule has 0 atom stereocenters. The van der Waals surface area contributed by atoms with Crippen LogP contribution in [0.2, 0.25) is 0 Å². The fraction of sp³-hybridized carbons (Fsp3) is 0.636. The lowest BCUT2D eigenvalue weighted by molar-refractivity contribution is 0.430. The fourth-order valence-corrected chi connectivity index (χ4v) is 1.86. The van der Waals surface area contributed by atoms with E-state index in [-0.39, 0.29) is 0 Å². The Hall–Kier alpha value is -1.12. The molecule has 1 aliphatic carbocycles. The van der Waals surface area contributed by atoms with Crippen molar-refractivity contribution in [1.82, 2.24) is 5.32 Å². The van der Waals surface area contributed by atoms with Crippen molar-refractivity contribution in [1.29, 1.82) is 0 Å². The van der Waals surface area contributed by atoms with E-state index in [1.54, 1.807) is 0 Å². The van der Waals surface area contributed by atoms with Crippen LogP contribution in [0.3, 0.4) is 0 Å². The van der Waals surface area contributed by atoms with Crippen LogP contribution >= 0.6 is 0 Å². The zero-order valence-electron chi connectivity index (χ0n) is 8.45. The van der Waals surface area contributed by atoms with E-state index in [0.717, 1.165) is 12.4 Å².